The summed E-state index contributed by atoms with van der Waals surface area (Å²) in [6, 6.07) is 1.81. The first-order chi connectivity index (χ1) is 8.34. The van der Waals surface area contributed by atoms with E-state index in [9.17, 15) is 22.4 Å². The van der Waals surface area contributed by atoms with Gasteiger partial charge in [-0.2, -0.15) is 13.2 Å². The number of hydrogen-bond donors (Lipinski definition) is 2. The molecular weight excluding hydrogens is 252 g/mol. The van der Waals surface area contributed by atoms with Gasteiger partial charge in [0.25, 0.3) is 0 Å². The first kappa shape index (κ1) is 14.4. The average molecular weight is 264 g/mol. The van der Waals surface area contributed by atoms with Crippen LogP contribution in [0.25, 0.3) is 0 Å². The summed E-state index contributed by atoms with van der Waals surface area (Å²) in [5.41, 5.74) is 3.67. The van der Waals surface area contributed by atoms with E-state index in [1.165, 1.54) is 6.92 Å². The highest BCUT2D eigenvalue weighted by atomic mass is 19.4. The number of hydrogen-bond acceptors (Lipinski definition) is 2. The second-order valence-electron chi connectivity index (χ2n) is 3.57. The van der Waals surface area contributed by atoms with Crippen LogP contribution in [0.1, 0.15) is 24.9 Å². The lowest BCUT2D eigenvalue weighted by atomic mass is 10.1. The van der Waals surface area contributed by atoms with Gasteiger partial charge < -0.3 is 0 Å². The van der Waals surface area contributed by atoms with Crippen molar-refractivity contribution in [2.24, 2.45) is 0 Å². The van der Waals surface area contributed by atoms with E-state index < -0.39 is 23.9 Å². The molecule has 0 spiro atoms. The normalized spacial score (nSPS) is 13.2. The number of alkyl halides is 3. The summed E-state index contributed by atoms with van der Waals surface area (Å²) >= 11 is 0. The number of hydrazine groups is 1. The first-order valence-electron chi connectivity index (χ1n) is 5.21. The summed E-state index contributed by atoms with van der Waals surface area (Å²) < 4.78 is 50.9. The highest BCUT2D eigenvalue weighted by Gasteiger charge is 2.41. The van der Waals surface area contributed by atoms with E-state index in [0.717, 1.165) is 24.3 Å². The number of rotatable bonds is 4. The minimum Gasteiger partial charge on any atom is -0.291 e. The quantitative estimate of drug-likeness (QED) is 0.648. The van der Waals surface area contributed by atoms with Gasteiger partial charge in [0.2, 0.25) is 5.91 Å². The minimum atomic E-state index is -4.60. The molecule has 1 aromatic rings. The molecule has 0 aromatic heterocycles. The zero-order valence-electron chi connectivity index (χ0n) is 9.51. The van der Waals surface area contributed by atoms with E-state index in [-0.39, 0.29) is 12.0 Å². The first-order valence-corrected chi connectivity index (χ1v) is 5.21. The van der Waals surface area contributed by atoms with Crippen LogP contribution in [0, 0.1) is 5.82 Å². The maximum absolute atomic E-state index is 12.8. The van der Waals surface area contributed by atoms with Crippen molar-refractivity contribution in [2.75, 3.05) is 0 Å². The van der Waals surface area contributed by atoms with Gasteiger partial charge in [-0.3, -0.25) is 10.2 Å². The van der Waals surface area contributed by atoms with Gasteiger partial charge in [0, 0.05) is 6.42 Å². The van der Waals surface area contributed by atoms with Gasteiger partial charge in [-0.1, -0.05) is 19.1 Å². The highest BCUT2D eigenvalue weighted by Crippen LogP contribution is 2.32. The molecule has 0 bridgehead atoms. The molecule has 1 amide bonds. The van der Waals surface area contributed by atoms with Gasteiger partial charge >= 0.3 is 6.18 Å². The van der Waals surface area contributed by atoms with Gasteiger partial charge in [0.05, 0.1) is 0 Å². The molecule has 0 saturated carbocycles. The smallest absolute Gasteiger partial charge is 0.291 e. The summed E-state index contributed by atoms with van der Waals surface area (Å²) in [5, 5.41) is 0. The number of carbonyl (C=O) groups is 1. The molecule has 1 aromatic carbocycles. The maximum Gasteiger partial charge on any atom is 0.409 e. The lowest BCUT2D eigenvalue weighted by molar-refractivity contribution is -0.161. The number of benzene rings is 1. The second kappa shape index (κ2) is 5.81. The van der Waals surface area contributed by atoms with Crippen molar-refractivity contribution in [1.82, 2.24) is 10.9 Å². The molecule has 0 saturated heterocycles. The van der Waals surface area contributed by atoms with E-state index in [1.54, 1.807) is 0 Å². The van der Waals surface area contributed by atoms with E-state index in [2.05, 4.69) is 0 Å². The molecule has 1 rings (SSSR count). The predicted octanol–water partition coefficient (Wildman–Crippen LogP) is 2.46. The fourth-order valence-corrected chi connectivity index (χ4v) is 1.25. The Morgan fingerprint density at radius 3 is 2.28 bits per heavy atom. The van der Waals surface area contributed by atoms with Crippen LogP contribution in [-0.2, 0) is 4.79 Å². The third-order valence-corrected chi connectivity index (χ3v) is 2.21. The average Bonchev–Trinajstić information content (AvgIpc) is 2.29. The van der Waals surface area contributed by atoms with Crippen LogP contribution in [0.3, 0.4) is 0 Å². The Labute approximate surface area is 101 Å². The molecule has 1 atom stereocenters. The molecule has 7 heteroatoms. The van der Waals surface area contributed by atoms with Crippen molar-refractivity contribution >= 4 is 5.91 Å². The maximum atomic E-state index is 12.8. The molecule has 0 heterocycles. The van der Waals surface area contributed by atoms with Crippen molar-refractivity contribution in [1.29, 1.82) is 0 Å². The zero-order chi connectivity index (χ0) is 13.8. The Kier molecular flexibility index (Phi) is 4.66. The van der Waals surface area contributed by atoms with Crippen molar-refractivity contribution in [2.45, 2.75) is 25.6 Å². The Balaban J connectivity index is 2.85. The summed E-state index contributed by atoms with van der Waals surface area (Å²) in [6.45, 7) is 1.51. The molecule has 18 heavy (non-hydrogen) atoms. The van der Waals surface area contributed by atoms with Crippen LogP contribution < -0.4 is 10.9 Å². The lowest BCUT2D eigenvalue weighted by Crippen LogP contribution is -2.45. The third kappa shape index (κ3) is 3.99. The van der Waals surface area contributed by atoms with Crippen molar-refractivity contribution in [3.8, 4) is 0 Å². The van der Waals surface area contributed by atoms with Gasteiger partial charge in [-0.25, -0.2) is 9.82 Å². The number of nitrogens with one attached hydrogen (secondary N) is 2. The van der Waals surface area contributed by atoms with Crippen LogP contribution in [0.2, 0.25) is 0 Å². The molecule has 0 aliphatic rings. The molecular formula is C11H12F4N2O. The summed E-state index contributed by atoms with van der Waals surface area (Å²) in [5.74, 6) is -1.19. The van der Waals surface area contributed by atoms with E-state index in [1.807, 2.05) is 10.9 Å². The van der Waals surface area contributed by atoms with Crippen molar-refractivity contribution in [3.63, 3.8) is 0 Å². The zero-order valence-corrected chi connectivity index (χ0v) is 9.51. The van der Waals surface area contributed by atoms with E-state index in [4.69, 9.17) is 0 Å². The molecule has 0 aliphatic carbocycles. The Bertz CT molecular complexity index is 402. The van der Waals surface area contributed by atoms with Gasteiger partial charge in [-0.15, -0.1) is 0 Å². The van der Waals surface area contributed by atoms with Crippen molar-refractivity contribution in [3.05, 3.63) is 35.6 Å². The third-order valence-electron chi connectivity index (χ3n) is 2.21. The van der Waals surface area contributed by atoms with Crippen molar-refractivity contribution < 1.29 is 22.4 Å². The number of amides is 1. The van der Waals surface area contributed by atoms with Crippen LogP contribution >= 0.6 is 0 Å². The van der Waals surface area contributed by atoms with Crippen LogP contribution in [-0.4, -0.2) is 12.1 Å². The lowest BCUT2D eigenvalue weighted by Gasteiger charge is -2.22. The molecule has 0 aliphatic heterocycles. The largest absolute Gasteiger partial charge is 0.409 e. The summed E-state index contributed by atoms with van der Waals surface area (Å²) in [4.78, 5) is 10.9. The van der Waals surface area contributed by atoms with E-state index in [0.29, 0.717) is 0 Å². The highest BCUT2D eigenvalue weighted by molar-refractivity contribution is 5.74. The summed E-state index contributed by atoms with van der Waals surface area (Å²) in [6.07, 6.45) is -4.54. The fourth-order valence-electron chi connectivity index (χ4n) is 1.25. The monoisotopic (exact) mass is 264 g/mol. The van der Waals surface area contributed by atoms with Gasteiger partial charge in [-0.05, 0) is 17.7 Å². The van der Waals surface area contributed by atoms with E-state index >= 15 is 0 Å². The summed E-state index contributed by atoms with van der Waals surface area (Å²) in [7, 11) is 0. The van der Waals surface area contributed by atoms with Crippen LogP contribution in [0.5, 0.6) is 0 Å². The minimum absolute atomic E-state index is 0.0565. The standard InChI is InChI=1S/C11H12F4N2O/c1-2-9(18)16-17-10(11(13,14)15)7-3-5-8(12)6-4-7/h3-6,10,17H,2H2,1H3,(H,16,18)/t10-/m0/s1. The van der Waals surface area contributed by atoms with Gasteiger partial charge in [0.1, 0.15) is 11.9 Å². The molecule has 100 valence electrons. The topological polar surface area (TPSA) is 41.1 Å². The second-order valence-corrected chi connectivity index (χ2v) is 3.57. The molecule has 3 nitrogen and oxygen atoms in total. The Morgan fingerprint density at radius 2 is 1.83 bits per heavy atom. The number of halogens is 4. The molecule has 0 fully saturated rings. The molecule has 0 radical (unpaired) electrons. The molecule has 2 N–H and O–H groups in total. The fraction of sp³-hybridized carbons (Fsp3) is 0.364. The van der Waals surface area contributed by atoms with Crippen LogP contribution in [0.4, 0.5) is 17.6 Å². The molecule has 0 unspecified atom stereocenters. The Morgan fingerprint density at radius 1 is 1.28 bits per heavy atom. The number of carbonyl (C=O) groups excluding carboxylic acids is 1. The predicted molar refractivity (Wildman–Crippen MR) is 56.8 cm³/mol. The Hall–Kier alpha value is -1.63. The van der Waals surface area contributed by atoms with Crippen LogP contribution in [0.15, 0.2) is 24.3 Å². The SMILES string of the molecule is CCC(=O)NN[C@@H](c1ccc(F)cc1)C(F)(F)F. The van der Waals surface area contributed by atoms with Gasteiger partial charge in [0.15, 0.2) is 0 Å².